The van der Waals surface area contributed by atoms with Crippen molar-refractivity contribution in [3.8, 4) is 0 Å². The number of hydrogen-bond donors (Lipinski definition) is 0. The smallest absolute Gasteiger partial charge is 0.150 e. The number of hydrogen-bond acceptors (Lipinski definition) is 3. The van der Waals surface area contributed by atoms with Crippen molar-refractivity contribution in [2.75, 3.05) is 0 Å². The van der Waals surface area contributed by atoms with Crippen molar-refractivity contribution in [3.05, 3.63) is 52.4 Å². The average molecular weight is 312 g/mol. The van der Waals surface area contributed by atoms with Crippen LogP contribution in [0.1, 0.15) is 10.4 Å². The number of benzene rings is 1. The molecule has 5 heteroatoms. The highest BCUT2D eigenvalue weighted by atomic mass is 79.9. The fourth-order valence-corrected chi connectivity index (χ4v) is 2.50. The third-order valence-corrected chi connectivity index (χ3v) is 4.00. The molecule has 1 aromatic carbocycles. The van der Waals surface area contributed by atoms with Gasteiger partial charge >= 0.3 is 0 Å². The van der Waals surface area contributed by atoms with Gasteiger partial charge in [0.05, 0.1) is 4.47 Å². The summed E-state index contributed by atoms with van der Waals surface area (Å²) in [6, 6.07) is 8.00. The first-order chi connectivity index (χ1) is 8.20. The van der Waals surface area contributed by atoms with Crippen LogP contribution in [0.3, 0.4) is 0 Å². The summed E-state index contributed by atoms with van der Waals surface area (Å²) in [5.74, 6) is -0.419. The van der Waals surface area contributed by atoms with Crippen LogP contribution in [0.25, 0.3) is 0 Å². The molecule has 0 saturated carbocycles. The lowest BCUT2D eigenvalue weighted by Crippen LogP contribution is -1.87. The molecule has 17 heavy (non-hydrogen) atoms. The van der Waals surface area contributed by atoms with Crippen molar-refractivity contribution in [1.82, 2.24) is 4.98 Å². The highest BCUT2D eigenvalue weighted by molar-refractivity contribution is 9.10. The molecule has 0 saturated heterocycles. The molecule has 0 N–H and O–H groups in total. The second-order valence-corrected chi connectivity index (χ2v) is 5.09. The molecule has 2 aromatic rings. The third kappa shape index (κ3) is 2.92. The Bertz CT molecular complexity index is 562. The van der Waals surface area contributed by atoms with Gasteiger partial charge in [0, 0.05) is 16.7 Å². The van der Waals surface area contributed by atoms with Crippen LogP contribution in [0.15, 0.2) is 50.9 Å². The molecule has 1 heterocycles. The summed E-state index contributed by atoms with van der Waals surface area (Å²) >= 11 is 4.56. The molecular weight excluding hydrogens is 305 g/mol. The van der Waals surface area contributed by atoms with Crippen LogP contribution in [0, 0.1) is 5.82 Å². The maximum absolute atomic E-state index is 13.6. The van der Waals surface area contributed by atoms with Crippen molar-refractivity contribution in [1.29, 1.82) is 0 Å². The van der Waals surface area contributed by atoms with Gasteiger partial charge in [-0.1, -0.05) is 17.8 Å². The van der Waals surface area contributed by atoms with Gasteiger partial charge in [0.15, 0.2) is 0 Å². The second-order valence-electron chi connectivity index (χ2n) is 3.20. The molecule has 0 unspecified atom stereocenters. The molecule has 0 aliphatic rings. The number of carbonyl (C=O) groups excluding carboxylic acids is 1. The van der Waals surface area contributed by atoms with E-state index in [1.165, 1.54) is 17.8 Å². The topological polar surface area (TPSA) is 30.0 Å². The van der Waals surface area contributed by atoms with Crippen molar-refractivity contribution >= 4 is 34.0 Å². The molecule has 1 aromatic heterocycles. The van der Waals surface area contributed by atoms with Crippen molar-refractivity contribution in [2.45, 2.75) is 9.92 Å². The minimum absolute atomic E-state index is 0.326. The number of carbonyl (C=O) groups is 1. The zero-order valence-electron chi connectivity index (χ0n) is 8.56. The van der Waals surface area contributed by atoms with Crippen LogP contribution >= 0.6 is 27.7 Å². The van der Waals surface area contributed by atoms with E-state index in [9.17, 15) is 9.18 Å². The molecule has 0 atom stereocenters. The molecule has 0 aliphatic heterocycles. The Hall–Kier alpha value is -1.20. The molecule has 0 aliphatic carbocycles. The summed E-state index contributed by atoms with van der Waals surface area (Å²) < 4.78 is 14.4. The lowest BCUT2D eigenvalue weighted by molar-refractivity contribution is 0.112. The van der Waals surface area contributed by atoms with Crippen molar-refractivity contribution < 1.29 is 9.18 Å². The van der Waals surface area contributed by atoms with Gasteiger partial charge < -0.3 is 0 Å². The molecule has 2 rings (SSSR count). The standard InChI is InChI=1S/C12H7BrFNOS/c13-9-2-1-5-15-12(9)17-11-4-3-8(7-16)6-10(11)14/h1-7H. The normalized spacial score (nSPS) is 10.2. The van der Waals surface area contributed by atoms with Crippen LogP contribution in [0.4, 0.5) is 4.39 Å². The van der Waals surface area contributed by atoms with Crippen LogP contribution in [-0.4, -0.2) is 11.3 Å². The van der Waals surface area contributed by atoms with Crippen molar-refractivity contribution in [2.24, 2.45) is 0 Å². The summed E-state index contributed by atoms with van der Waals surface area (Å²) in [6.07, 6.45) is 2.26. The Morgan fingerprint density at radius 3 is 2.82 bits per heavy atom. The Balaban J connectivity index is 2.31. The van der Waals surface area contributed by atoms with E-state index in [-0.39, 0.29) is 0 Å². The van der Waals surface area contributed by atoms with E-state index in [2.05, 4.69) is 20.9 Å². The number of halogens is 2. The van der Waals surface area contributed by atoms with E-state index < -0.39 is 5.82 Å². The van der Waals surface area contributed by atoms with Crippen LogP contribution in [0.5, 0.6) is 0 Å². The lowest BCUT2D eigenvalue weighted by atomic mass is 10.2. The van der Waals surface area contributed by atoms with Crippen LogP contribution < -0.4 is 0 Å². The summed E-state index contributed by atoms with van der Waals surface area (Å²) in [7, 11) is 0. The van der Waals surface area contributed by atoms with E-state index in [4.69, 9.17) is 0 Å². The average Bonchev–Trinajstić information content (AvgIpc) is 2.34. The maximum Gasteiger partial charge on any atom is 0.150 e. The van der Waals surface area contributed by atoms with E-state index in [1.807, 2.05) is 6.07 Å². The Morgan fingerprint density at radius 2 is 2.18 bits per heavy atom. The first-order valence-electron chi connectivity index (χ1n) is 4.74. The first-order valence-corrected chi connectivity index (χ1v) is 6.35. The third-order valence-electron chi connectivity index (χ3n) is 2.02. The van der Waals surface area contributed by atoms with Gasteiger partial charge in [-0.3, -0.25) is 4.79 Å². The fourth-order valence-electron chi connectivity index (χ4n) is 1.22. The van der Waals surface area contributed by atoms with Gasteiger partial charge in [0.25, 0.3) is 0 Å². The summed E-state index contributed by atoms with van der Waals surface area (Å²) in [5, 5.41) is 0.685. The van der Waals surface area contributed by atoms with Gasteiger partial charge in [-0.15, -0.1) is 0 Å². The predicted octanol–water partition coefficient (Wildman–Crippen LogP) is 3.95. The van der Waals surface area contributed by atoms with Crippen molar-refractivity contribution in [3.63, 3.8) is 0 Å². The quantitative estimate of drug-likeness (QED) is 0.804. The Labute approximate surface area is 110 Å². The van der Waals surface area contributed by atoms with Gasteiger partial charge in [-0.05, 0) is 40.2 Å². The maximum atomic E-state index is 13.6. The highest BCUT2D eigenvalue weighted by Gasteiger charge is 2.08. The highest BCUT2D eigenvalue weighted by Crippen LogP contribution is 2.33. The summed E-state index contributed by atoms with van der Waals surface area (Å²) in [6.45, 7) is 0. The number of aldehydes is 1. The largest absolute Gasteiger partial charge is 0.298 e. The minimum Gasteiger partial charge on any atom is -0.298 e. The number of nitrogens with zero attached hydrogens (tertiary/aromatic N) is 1. The second kappa shape index (κ2) is 5.42. The van der Waals surface area contributed by atoms with E-state index in [0.717, 1.165) is 4.47 Å². The number of aromatic nitrogens is 1. The Morgan fingerprint density at radius 1 is 1.35 bits per heavy atom. The van der Waals surface area contributed by atoms with Gasteiger partial charge in [-0.25, -0.2) is 9.37 Å². The molecule has 2 nitrogen and oxygen atoms in total. The predicted molar refractivity (Wildman–Crippen MR) is 67.8 cm³/mol. The van der Waals surface area contributed by atoms with Crippen LogP contribution in [0.2, 0.25) is 0 Å². The molecular formula is C12H7BrFNOS. The van der Waals surface area contributed by atoms with Crippen LogP contribution in [-0.2, 0) is 0 Å². The van der Waals surface area contributed by atoms with E-state index >= 15 is 0 Å². The van der Waals surface area contributed by atoms with Gasteiger partial charge in [0.1, 0.15) is 17.1 Å². The first kappa shape index (κ1) is 12.3. The Kier molecular flexibility index (Phi) is 3.91. The molecule has 0 radical (unpaired) electrons. The van der Waals surface area contributed by atoms with Gasteiger partial charge in [0.2, 0.25) is 0 Å². The summed E-state index contributed by atoms with van der Waals surface area (Å²) in [4.78, 5) is 15.1. The molecule has 86 valence electrons. The monoisotopic (exact) mass is 311 g/mol. The zero-order valence-corrected chi connectivity index (χ0v) is 11.0. The summed E-state index contributed by atoms with van der Waals surface area (Å²) in [5.41, 5.74) is 0.326. The lowest BCUT2D eigenvalue weighted by Gasteiger charge is -2.04. The number of pyridine rings is 1. The zero-order chi connectivity index (χ0) is 12.3. The minimum atomic E-state index is -0.419. The molecule has 0 amide bonds. The SMILES string of the molecule is O=Cc1ccc(Sc2ncccc2Br)c(F)c1. The molecule has 0 bridgehead atoms. The molecule has 0 fully saturated rings. The number of rotatable bonds is 3. The molecule has 0 spiro atoms. The van der Waals surface area contributed by atoms with E-state index in [1.54, 1.807) is 24.4 Å². The van der Waals surface area contributed by atoms with E-state index in [0.29, 0.717) is 21.8 Å². The van der Waals surface area contributed by atoms with Gasteiger partial charge in [-0.2, -0.15) is 0 Å². The fraction of sp³-hybridized carbons (Fsp3) is 0.